The first-order valence-corrected chi connectivity index (χ1v) is 3.98. The Kier molecular flexibility index (Phi) is 1.50. The van der Waals surface area contributed by atoms with Crippen molar-refractivity contribution in [1.29, 1.82) is 0 Å². The molecule has 1 aliphatic carbocycles. The van der Waals surface area contributed by atoms with Crippen LogP contribution in [-0.2, 0) is 0 Å². The second-order valence-corrected chi connectivity index (χ2v) is 3.26. The third-order valence-corrected chi connectivity index (χ3v) is 2.31. The Balaban J connectivity index is 2.30. The molecule has 1 heterocycles. The maximum absolute atomic E-state index is 5.82. The molecule has 0 radical (unpaired) electrons. The van der Waals surface area contributed by atoms with E-state index < -0.39 is 0 Å². The third-order valence-electron chi connectivity index (χ3n) is 2.04. The minimum absolute atomic E-state index is 0.428. The third kappa shape index (κ3) is 1.07. The van der Waals surface area contributed by atoms with E-state index in [9.17, 15) is 0 Å². The maximum Gasteiger partial charge on any atom is 0.0912 e. The predicted molar refractivity (Wildman–Crippen MR) is 46.7 cm³/mol. The van der Waals surface area contributed by atoms with Gasteiger partial charge in [-0.2, -0.15) is 0 Å². The lowest BCUT2D eigenvalue weighted by atomic mass is 10.1. The molecule has 0 aromatic carbocycles. The zero-order valence-corrected chi connectivity index (χ0v) is 7.04. The van der Waals surface area contributed by atoms with Crippen molar-refractivity contribution in [2.75, 3.05) is 7.05 Å². The number of fused-ring (bicyclic) bond motifs is 1. The van der Waals surface area contributed by atoms with Crippen molar-refractivity contribution in [1.82, 2.24) is 4.90 Å². The van der Waals surface area contributed by atoms with Gasteiger partial charge in [0.15, 0.2) is 0 Å². The molecule has 0 saturated carbocycles. The quantitative estimate of drug-likeness (QED) is 0.538. The molecule has 0 aromatic rings. The molecular weight excluding hydrogens is 160 g/mol. The van der Waals surface area contributed by atoms with E-state index in [-0.39, 0.29) is 0 Å². The van der Waals surface area contributed by atoms with Crippen LogP contribution in [0.2, 0.25) is 0 Å². The van der Waals surface area contributed by atoms with Crippen molar-refractivity contribution in [3.05, 3.63) is 22.9 Å². The van der Waals surface area contributed by atoms with Crippen molar-refractivity contribution < 1.29 is 0 Å². The number of hydrogen-bond acceptors (Lipinski definition) is 2. The highest BCUT2D eigenvalue weighted by Gasteiger charge is 2.23. The largest absolute Gasteiger partial charge is 0.357 e. The van der Waals surface area contributed by atoms with Crippen LogP contribution in [0.4, 0.5) is 0 Å². The standard InChI is InChI=1S/C8H9ClN2/c1-11-5-10-7-4-6(9)2-3-8(7)11/h2,4-5,8H,3H2,1H3. The van der Waals surface area contributed by atoms with Gasteiger partial charge in [0.05, 0.1) is 18.1 Å². The van der Waals surface area contributed by atoms with E-state index in [1.54, 1.807) is 0 Å². The Bertz CT molecular complexity index is 265. The number of allylic oxidation sites excluding steroid dienone is 2. The lowest BCUT2D eigenvalue weighted by Gasteiger charge is -2.20. The lowest BCUT2D eigenvalue weighted by molar-refractivity contribution is 0.441. The topological polar surface area (TPSA) is 15.6 Å². The molecule has 1 unspecified atom stereocenters. The van der Waals surface area contributed by atoms with Gasteiger partial charge < -0.3 is 4.90 Å². The van der Waals surface area contributed by atoms with E-state index in [4.69, 9.17) is 11.6 Å². The van der Waals surface area contributed by atoms with Crippen LogP contribution >= 0.6 is 11.6 Å². The molecule has 2 rings (SSSR count). The molecule has 1 aliphatic heterocycles. The molecule has 3 heteroatoms. The molecule has 0 amide bonds. The summed E-state index contributed by atoms with van der Waals surface area (Å²) >= 11 is 5.82. The van der Waals surface area contributed by atoms with Crippen molar-refractivity contribution in [2.45, 2.75) is 12.5 Å². The van der Waals surface area contributed by atoms with Crippen molar-refractivity contribution in [2.24, 2.45) is 4.99 Å². The number of aliphatic imine (C=N–C) groups is 1. The van der Waals surface area contributed by atoms with Gasteiger partial charge in [0, 0.05) is 12.1 Å². The highest BCUT2D eigenvalue weighted by Crippen LogP contribution is 2.27. The molecule has 2 nitrogen and oxygen atoms in total. The molecule has 11 heavy (non-hydrogen) atoms. The highest BCUT2D eigenvalue weighted by atomic mass is 35.5. The van der Waals surface area contributed by atoms with E-state index >= 15 is 0 Å². The molecule has 0 N–H and O–H groups in total. The first-order chi connectivity index (χ1) is 5.27. The zero-order chi connectivity index (χ0) is 7.84. The van der Waals surface area contributed by atoms with Gasteiger partial charge >= 0.3 is 0 Å². The van der Waals surface area contributed by atoms with Gasteiger partial charge in [-0.05, 0) is 12.5 Å². The molecule has 0 saturated heterocycles. The molecule has 1 atom stereocenters. The molecule has 58 valence electrons. The summed E-state index contributed by atoms with van der Waals surface area (Å²) in [4.78, 5) is 6.33. The summed E-state index contributed by atoms with van der Waals surface area (Å²) in [6.45, 7) is 0. The predicted octanol–water partition coefficient (Wildman–Crippen LogP) is 1.74. The summed E-state index contributed by atoms with van der Waals surface area (Å²) in [5, 5.41) is 0.809. The monoisotopic (exact) mass is 168 g/mol. The summed E-state index contributed by atoms with van der Waals surface area (Å²) in [5.74, 6) is 0. The number of rotatable bonds is 0. The Morgan fingerprint density at radius 2 is 2.55 bits per heavy atom. The fourth-order valence-corrected chi connectivity index (χ4v) is 1.58. The van der Waals surface area contributed by atoms with E-state index in [1.165, 1.54) is 0 Å². The minimum atomic E-state index is 0.428. The van der Waals surface area contributed by atoms with E-state index in [2.05, 4.69) is 9.89 Å². The van der Waals surface area contributed by atoms with Crippen LogP contribution in [0.5, 0.6) is 0 Å². The average Bonchev–Trinajstić information content (AvgIpc) is 2.32. The normalized spacial score (nSPS) is 28.2. The van der Waals surface area contributed by atoms with Crippen molar-refractivity contribution in [3.63, 3.8) is 0 Å². The van der Waals surface area contributed by atoms with Gasteiger partial charge in [0.2, 0.25) is 0 Å². The van der Waals surface area contributed by atoms with Gasteiger partial charge in [0.1, 0.15) is 0 Å². The van der Waals surface area contributed by atoms with Crippen LogP contribution in [0.15, 0.2) is 27.9 Å². The molecule has 2 aliphatic rings. The van der Waals surface area contributed by atoms with Gasteiger partial charge in [-0.3, -0.25) is 0 Å². The molecule has 0 bridgehead atoms. The summed E-state index contributed by atoms with van der Waals surface area (Å²) in [6.07, 6.45) is 6.78. The zero-order valence-electron chi connectivity index (χ0n) is 6.29. The Morgan fingerprint density at radius 1 is 1.73 bits per heavy atom. The maximum atomic E-state index is 5.82. The first kappa shape index (κ1) is 6.92. The summed E-state index contributed by atoms with van der Waals surface area (Å²) < 4.78 is 0. The number of nitrogens with zero attached hydrogens (tertiary/aromatic N) is 2. The van der Waals surface area contributed by atoms with Crippen molar-refractivity contribution in [3.8, 4) is 0 Å². The van der Waals surface area contributed by atoms with E-state index in [0.29, 0.717) is 6.04 Å². The minimum Gasteiger partial charge on any atom is -0.357 e. The Morgan fingerprint density at radius 3 is 3.36 bits per heavy atom. The van der Waals surface area contributed by atoms with Crippen LogP contribution in [-0.4, -0.2) is 24.3 Å². The molecule has 0 spiro atoms. The van der Waals surface area contributed by atoms with E-state index in [0.717, 1.165) is 17.2 Å². The molecule has 0 aromatic heterocycles. The highest BCUT2D eigenvalue weighted by molar-refractivity contribution is 6.31. The van der Waals surface area contributed by atoms with Crippen molar-refractivity contribution >= 4 is 17.9 Å². The number of likely N-dealkylation sites (N-methyl/N-ethyl adjacent to an activating group) is 1. The van der Waals surface area contributed by atoms with Gasteiger partial charge in [-0.1, -0.05) is 17.7 Å². The summed E-state index contributed by atoms with van der Waals surface area (Å²) in [7, 11) is 2.03. The smallest absolute Gasteiger partial charge is 0.0912 e. The summed E-state index contributed by atoms with van der Waals surface area (Å²) in [5.41, 5.74) is 1.08. The fraction of sp³-hybridized carbons (Fsp3) is 0.375. The lowest BCUT2D eigenvalue weighted by Crippen LogP contribution is -2.26. The van der Waals surface area contributed by atoms with Crippen LogP contribution in [0.3, 0.4) is 0 Å². The number of hydrogen-bond donors (Lipinski definition) is 0. The van der Waals surface area contributed by atoms with Gasteiger partial charge in [0.25, 0.3) is 0 Å². The van der Waals surface area contributed by atoms with E-state index in [1.807, 2.05) is 25.5 Å². The first-order valence-electron chi connectivity index (χ1n) is 3.61. The fourth-order valence-electron chi connectivity index (χ4n) is 1.38. The van der Waals surface area contributed by atoms with Gasteiger partial charge in [-0.15, -0.1) is 0 Å². The summed E-state index contributed by atoms with van der Waals surface area (Å²) in [6, 6.07) is 0.428. The molecular formula is C8H9ClN2. The second-order valence-electron chi connectivity index (χ2n) is 2.82. The molecule has 0 fully saturated rings. The van der Waals surface area contributed by atoms with Gasteiger partial charge in [-0.25, -0.2) is 4.99 Å². The Hall–Kier alpha value is -0.760. The van der Waals surface area contributed by atoms with Crippen LogP contribution in [0, 0.1) is 0 Å². The second kappa shape index (κ2) is 2.38. The SMILES string of the molecule is CN1C=NC2=CC(Cl)=CCC21. The Labute approximate surface area is 70.9 Å². The number of halogens is 1. The van der Waals surface area contributed by atoms with Crippen LogP contribution in [0.25, 0.3) is 0 Å². The van der Waals surface area contributed by atoms with Crippen LogP contribution in [0.1, 0.15) is 6.42 Å². The average molecular weight is 169 g/mol. The van der Waals surface area contributed by atoms with Crippen LogP contribution < -0.4 is 0 Å².